The van der Waals surface area contributed by atoms with Gasteiger partial charge >= 0.3 is 0 Å². The minimum atomic E-state index is -0.473. The lowest BCUT2D eigenvalue weighted by molar-refractivity contribution is 0.0960. The standard InChI is InChI=1S/C20H16BrNOS3/c1-11-7-6-9-13-15-17(25-26-19(15)24)20(2,3)22(16(11)13)18(23)12-8-4-5-10-14(12)21/h4-10H,1-3H3. The molecule has 0 bridgehead atoms. The molecule has 0 saturated carbocycles. The Balaban J connectivity index is 2.04. The van der Waals surface area contributed by atoms with Gasteiger partial charge in [-0.05, 0) is 54.4 Å². The van der Waals surface area contributed by atoms with Crippen LogP contribution in [0.3, 0.4) is 0 Å². The van der Waals surface area contributed by atoms with Crippen molar-refractivity contribution in [3.63, 3.8) is 0 Å². The molecule has 2 nitrogen and oxygen atoms in total. The molecule has 0 spiro atoms. The third-order valence-corrected chi connectivity index (χ3v) is 8.81. The number of amides is 1. The lowest BCUT2D eigenvalue weighted by atomic mass is 9.85. The first-order valence-electron chi connectivity index (χ1n) is 8.16. The quantitative estimate of drug-likeness (QED) is 0.282. The molecular weight excluding hydrogens is 446 g/mol. The molecule has 1 aliphatic heterocycles. The third-order valence-electron chi connectivity index (χ3n) is 4.78. The molecule has 1 amide bonds. The number of para-hydroxylation sites is 1. The Hall–Kier alpha value is -1.34. The van der Waals surface area contributed by atoms with Crippen molar-refractivity contribution in [2.75, 3.05) is 4.90 Å². The molecule has 1 aliphatic rings. The largest absolute Gasteiger partial charge is 0.297 e. The summed E-state index contributed by atoms with van der Waals surface area (Å²) in [6, 6.07) is 13.8. The van der Waals surface area contributed by atoms with Crippen molar-refractivity contribution in [3.8, 4) is 11.1 Å². The normalized spacial score (nSPS) is 14.7. The van der Waals surface area contributed by atoms with Crippen LogP contribution in [0.1, 0.15) is 34.6 Å². The van der Waals surface area contributed by atoms with E-state index in [-0.39, 0.29) is 5.91 Å². The fourth-order valence-electron chi connectivity index (χ4n) is 3.54. The number of nitrogens with zero attached hydrogens (tertiary/aromatic N) is 1. The highest BCUT2D eigenvalue weighted by Crippen LogP contribution is 2.53. The van der Waals surface area contributed by atoms with E-state index in [9.17, 15) is 4.79 Å². The van der Waals surface area contributed by atoms with E-state index in [0.29, 0.717) is 5.56 Å². The minimum Gasteiger partial charge on any atom is -0.297 e. The van der Waals surface area contributed by atoms with Gasteiger partial charge in [0, 0.05) is 15.6 Å². The predicted octanol–water partition coefficient (Wildman–Crippen LogP) is 7.17. The molecule has 0 aliphatic carbocycles. The SMILES string of the molecule is Cc1cccc2c1N(C(=O)c1ccccc1Br)C(C)(C)c1ssc(=S)c1-2. The third kappa shape index (κ3) is 2.54. The van der Waals surface area contributed by atoms with Crippen LogP contribution < -0.4 is 4.90 Å². The van der Waals surface area contributed by atoms with Crippen LogP contribution in [0.25, 0.3) is 11.1 Å². The number of aryl methyl sites for hydroxylation is 1. The molecule has 0 fully saturated rings. The Morgan fingerprint density at radius 1 is 1.12 bits per heavy atom. The van der Waals surface area contributed by atoms with Crippen molar-refractivity contribution in [2.24, 2.45) is 0 Å². The molecule has 0 N–H and O–H groups in total. The van der Waals surface area contributed by atoms with Gasteiger partial charge in [-0.15, -0.1) is 0 Å². The Kier molecular flexibility index (Phi) is 4.42. The van der Waals surface area contributed by atoms with E-state index in [1.807, 2.05) is 35.2 Å². The summed E-state index contributed by atoms with van der Waals surface area (Å²) in [5.41, 5.74) is 4.41. The zero-order valence-corrected chi connectivity index (χ0v) is 18.5. The van der Waals surface area contributed by atoms with Gasteiger partial charge in [0.1, 0.15) is 3.82 Å². The van der Waals surface area contributed by atoms with Crippen LogP contribution in [-0.2, 0) is 5.54 Å². The average Bonchev–Trinajstić information content (AvgIpc) is 2.99. The maximum Gasteiger partial charge on any atom is 0.260 e. The van der Waals surface area contributed by atoms with Gasteiger partial charge in [0.25, 0.3) is 5.91 Å². The Bertz CT molecular complexity index is 1100. The molecule has 0 radical (unpaired) electrons. The van der Waals surface area contributed by atoms with E-state index in [0.717, 1.165) is 35.6 Å². The van der Waals surface area contributed by atoms with Gasteiger partial charge in [0.2, 0.25) is 0 Å². The molecule has 0 atom stereocenters. The highest BCUT2D eigenvalue weighted by atomic mass is 79.9. The van der Waals surface area contributed by atoms with Crippen molar-refractivity contribution >= 4 is 60.4 Å². The van der Waals surface area contributed by atoms with Crippen LogP contribution >= 0.6 is 48.8 Å². The van der Waals surface area contributed by atoms with Gasteiger partial charge < -0.3 is 0 Å². The number of rotatable bonds is 1. The average molecular weight is 462 g/mol. The number of fused-ring (bicyclic) bond motifs is 3. The van der Waals surface area contributed by atoms with Gasteiger partial charge in [0.05, 0.1) is 21.7 Å². The molecule has 132 valence electrons. The monoisotopic (exact) mass is 461 g/mol. The van der Waals surface area contributed by atoms with Crippen LogP contribution in [0.2, 0.25) is 0 Å². The fourth-order valence-corrected chi connectivity index (χ4v) is 7.28. The molecule has 6 heteroatoms. The highest BCUT2D eigenvalue weighted by molar-refractivity contribution is 9.10. The first kappa shape index (κ1) is 18.0. The van der Waals surface area contributed by atoms with Gasteiger partial charge in [-0.3, -0.25) is 9.69 Å². The summed E-state index contributed by atoms with van der Waals surface area (Å²) in [5, 5.41) is 0. The Labute approximate surface area is 173 Å². The highest BCUT2D eigenvalue weighted by Gasteiger charge is 2.44. The number of carbonyl (C=O) groups is 1. The van der Waals surface area contributed by atoms with E-state index >= 15 is 0 Å². The van der Waals surface area contributed by atoms with E-state index < -0.39 is 5.54 Å². The molecule has 2 heterocycles. The van der Waals surface area contributed by atoms with Gasteiger partial charge in [-0.25, -0.2) is 0 Å². The summed E-state index contributed by atoms with van der Waals surface area (Å²) in [6.07, 6.45) is 0. The van der Waals surface area contributed by atoms with Crippen LogP contribution in [0.5, 0.6) is 0 Å². The molecule has 3 aromatic rings. The molecule has 0 unspecified atom stereocenters. The number of benzene rings is 2. The zero-order chi connectivity index (χ0) is 18.6. The fraction of sp³-hybridized carbons (Fsp3) is 0.200. The van der Waals surface area contributed by atoms with E-state index in [1.54, 1.807) is 20.7 Å². The summed E-state index contributed by atoms with van der Waals surface area (Å²) in [6.45, 7) is 6.26. The number of halogens is 1. The van der Waals surface area contributed by atoms with Crippen LogP contribution in [-0.4, -0.2) is 5.91 Å². The second kappa shape index (κ2) is 6.37. The second-order valence-corrected chi connectivity index (χ2v) is 10.5. The molecule has 2 aromatic carbocycles. The smallest absolute Gasteiger partial charge is 0.260 e. The van der Waals surface area contributed by atoms with Crippen molar-refractivity contribution < 1.29 is 4.79 Å². The molecular formula is C20H16BrNOS3. The second-order valence-electron chi connectivity index (χ2n) is 6.81. The number of anilines is 1. The lowest BCUT2D eigenvalue weighted by Gasteiger charge is -2.43. The van der Waals surface area contributed by atoms with Gasteiger partial charge in [-0.2, -0.15) is 0 Å². The Morgan fingerprint density at radius 2 is 1.85 bits per heavy atom. The number of hydrogen-bond acceptors (Lipinski definition) is 4. The Morgan fingerprint density at radius 3 is 2.58 bits per heavy atom. The predicted molar refractivity (Wildman–Crippen MR) is 117 cm³/mol. The van der Waals surface area contributed by atoms with Crippen molar-refractivity contribution in [1.82, 2.24) is 0 Å². The number of hydrogen-bond donors (Lipinski definition) is 0. The lowest BCUT2D eigenvalue weighted by Crippen LogP contribution is -2.48. The summed E-state index contributed by atoms with van der Waals surface area (Å²) < 4.78 is 1.71. The summed E-state index contributed by atoms with van der Waals surface area (Å²) in [7, 11) is 3.29. The maximum atomic E-state index is 13.6. The van der Waals surface area contributed by atoms with E-state index in [1.165, 1.54) is 0 Å². The van der Waals surface area contributed by atoms with Gasteiger partial charge in [0.15, 0.2) is 0 Å². The van der Waals surface area contributed by atoms with Gasteiger partial charge in [-0.1, -0.05) is 63.2 Å². The van der Waals surface area contributed by atoms with Crippen molar-refractivity contribution in [2.45, 2.75) is 26.3 Å². The zero-order valence-electron chi connectivity index (χ0n) is 14.5. The topological polar surface area (TPSA) is 20.3 Å². The van der Waals surface area contributed by atoms with Crippen LogP contribution in [0.4, 0.5) is 5.69 Å². The minimum absolute atomic E-state index is 0.00649. The van der Waals surface area contributed by atoms with Crippen molar-refractivity contribution in [1.29, 1.82) is 0 Å². The maximum absolute atomic E-state index is 13.6. The molecule has 0 saturated heterocycles. The number of carbonyl (C=O) groups excluding carboxylic acids is 1. The summed E-state index contributed by atoms with van der Waals surface area (Å²) in [5.74, 6) is -0.00649. The van der Waals surface area contributed by atoms with Crippen molar-refractivity contribution in [3.05, 3.63) is 66.8 Å². The summed E-state index contributed by atoms with van der Waals surface area (Å²) in [4.78, 5) is 16.7. The van der Waals surface area contributed by atoms with E-state index in [2.05, 4.69) is 48.8 Å². The first-order valence-corrected chi connectivity index (χ1v) is 11.5. The van der Waals surface area contributed by atoms with E-state index in [4.69, 9.17) is 12.2 Å². The van der Waals surface area contributed by atoms with Crippen LogP contribution in [0, 0.1) is 10.7 Å². The molecule has 4 rings (SSSR count). The molecule has 1 aromatic heterocycles. The molecule has 26 heavy (non-hydrogen) atoms. The summed E-state index contributed by atoms with van der Waals surface area (Å²) >= 11 is 9.17. The van der Waals surface area contributed by atoms with Crippen LogP contribution in [0.15, 0.2) is 46.9 Å². The first-order chi connectivity index (χ1) is 12.3.